The van der Waals surface area contributed by atoms with Crippen molar-refractivity contribution in [2.45, 2.75) is 26.4 Å². The molecule has 3 nitrogen and oxygen atoms in total. The maximum atomic E-state index is 13.6. The first-order valence-corrected chi connectivity index (χ1v) is 4.78. The molecular formula is C11H16FNO2. The predicted octanol–water partition coefficient (Wildman–Crippen LogP) is 2.35. The monoisotopic (exact) mass is 213 g/mol. The normalized spacial score (nSPS) is 10.8. The Kier molecular flexibility index (Phi) is 4.05. The molecule has 2 N–H and O–H groups in total. The second-order valence-electron chi connectivity index (χ2n) is 3.65. The second-order valence-corrected chi connectivity index (χ2v) is 3.65. The van der Waals surface area contributed by atoms with Crippen LogP contribution in [0.3, 0.4) is 0 Å². The maximum Gasteiger partial charge on any atom is 0.130 e. The number of hydrogen-bond donors (Lipinski definition) is 1. The van der Waals surface area contributed by atoms with Crippen molar-refractivity contribution < 1.29 is 14.0 Å². The van der Waals surface area contributed by atoms with Gasteiger partial charge in [0, 0.05) is 11.6 Å². The molecule has 1 rings (SSSR count). The molecule has 0 bridgehead atoms. The smallest absolute Gasteiger partial charge is 0.130 e. The zero-order valence-corrected chi connectivity index (χ0v) is 9.21. The highest BCUT2D eigenvalue weighted by Crippen LogP contribution is 2.27. The molecule has 4 heteroatoms. The molecule has 1 aromatic rings. The lowest BCUT2D eigenvalue weighted by molar-refractivity contribution is 0.122. The summed E-state index contributed by atoms with van der Waals surface area (Å²) in [4.78, 5) is 4.54. The van der Waals surface area contributed by atoms with E-state index in [0.717, 1.165) is 5.56 Å². The van der Waals surface area contributed by atoms with Crippen molar-refractivity contribution in [3.8, 4) is 5.75 Å². The van der Waals surface area contributed by atoms with Crippen molar-refractivity contribution >= 4 is 0 Å². The van der Waals surface area contributed by atoms with E-state index in [9.17, 15) is 4.39 Å². The van der Waals surface area contributed by atoms with Gasteiger partial charge in [-0.15, -0.1) is 0 Å². The molecule has 0 aliphatic rings. The van der Waals surface area contributed by atoms with Crippen molar-refractivity contribution in [3.63, 3.8) is 0 Å². The maximum absolute atomic E-state index is 13.6. The molecule has 15 heavy (non-hydrogen) atoms. The minimum atomic E-state index is -0.261. The Morgan fingerprint density at radius 3 is 2.53 bits per heavy atom. The summed E-state index contributed by atoms with van der Waals surface area (Å²) < 4.78 is 18.6. The SMILES string of the molecule is COc1cc(F)c(C(C)C)cc1CON. The van der Waals surface area contributed by atoms with Crippen molar-refractivity contribution in [2.75, 3.05) is 7.11 Å². The third kappa shape index (κ3) is 2.67. The lowest BCUT2D eigenvalue weighted by Crippen LogP contribution is -2.04. The van der Waals surface area contributed by atoms with E-state index in [0.29, 0.717) is 11.3 Å². The molecule has 0 aromatic heterocycles. The minimum absolute atomic E-state index is 0.118. The zero-order valence-electron chi connectivity index (χ0n) is 9.21. The summed E-state index contributed by atoms with van der Waals surface area (Å²) in [5.74, 6) is 5.32. The van der Waals surface area contributed by atoms with E-state index in [2.05, 4.69) is 4.84 Å². The van der Waals surface area contributed by atoms with E-state index in [1.807, 2.05) is 13.8 Å². The van der Waals surface area contributed by atoms with E-state index in [4.69, 9.17) is 10.6 Å². The van der Waals surface area contributed by atoms with E-state index in [1.54, 1.807) is 6.07 Å². The molecule has 0 unspecified atom stereocenters. The van der Waals surface area contributed by atoms with Gasteiger partial charge in [-0.3, -0.25) is 4.84 Å². The average Bonchev–Trinajstić information content (AvgIpc) is 2.20. The Morgan fingerprint density at radius 2 is 2.07 bits per heavy atom. The molecule has 0 saturated heterocycles. The van der Waals surface area contributed by atoms with Crippen LogP contribution in [0.2, 0.25) is 0 Å². The Bertz CT molecular complexity index is 340. The predicted molar refractivity (Wildman–Crippen MR) is 56.0 cm³/mol. The van der Waals surface area contributed by atoms with E-state index < -0.39 is 0 Å². The summed E-state index contributed by atoms with van der Waals surface area (Å²) in [7, 11) is 1.49. The lowest BCUT2D eigenvalue weighted by Gasteiger charge is -2.13. The van der Waals surface area contributed by atoms with Gasteiger partial charge in [-0.05, 0) is 17.5 Å². The molecule has 0 fully saturated rings. The summed E-state index contributed by atoms with van der Waals surface area (Å²) >= 11 is 0. The number of halogens is 1. The van der Waals surface area contributed by atoms with Crippen LogP contribution in [0.15, 0.2) is 12.1 Å². The summed E-state index contributed by atoms with van der Waals surface area (Å²) in [6.45, 7) is 4.07. The number of methoxy groups -OCH3 is 1. The molecule has 0 amide bonds. The van der Waals surface area contributed by atoms with Gasteiger partial charge in [0.1, 0.15) is 11.6 Å². The fourth-order valence-electron chi connectivity index (χ4n) is 1.45. The first-order valence-electron chi connectivity index (χ1n) is 4.78. The van der Waals surface area contributed by atoms with Crippen LogP contribution in [0.5, 0.6) is 5.75 Å². The number of nitrogens with two attached hydrogens (primary N) is 1. The van der Waals surface area contributed by atoms with E-state index in [-0.39, 0.29) is 18.3 Å². The molecule has 0 aliphatic carbocycles. The second kappa shape index (κ2) is 5.09. The van der Waals surface area contributed by atoms with Gasteiger partial charge in [-0.1, -0.05) is 13.8 Å². The van der Waals surface area contributed by atoms with E-state index in [1.165, 1.54) is 13.2 Å². The highest BCUT2D eigenvalue weighted by Gasteiger charge is 2.12. The molecule has 1 aromatic carbocycles. The average molecular weight is 213 g/mol. The van der Waals surface area contributed by atoms with E-state index >= 15 is 0 Å². The largest absolute Gasteiger partial charge is 0.496 e. The van der Waals surface area contributed by atoms with Crippen LogP contribution in [0.1, 0.15) is 30.9 Å². The Labute approximate surface area is 88.9 Å². The Hall–Kier alpha value is -1.13. The lowest BCUT2D eigenvalue weighted by atomic mass is 9.99. The van der Waals surface area contributed by atoms with Crippen LogP contribution in [0.4, 0.5) is 4.39 Å². The molecule has 0 atom stereocenters. The highest BCUT2D eigenvalue weighted by atomic mass is 19.1. The number of rotatable bonds is 4. The number of benzene rings is 1. The van der Waals surface area contributed by atoms with Gasteiger partial charge >= 0.3 is 0 Å². The molecule has 84 valence electrons. The van der Waals surface area contributed by atoms with Gasteiger partial charge in [-0.2, -0.15) is 0 Å². The van der Waals surface area contributed by atoms with Crippen LogP contribution < -0.4 is 10.6 Å². The number of ether oxygens (including phenoxy) is 1. The van der Waals surface area contributed by atoms with Crippen molar-refractivity contribution in [3.05, 3.63) is 29.1 Å². The van der Waals surface area contributed by atoms with Crippen LogP contribution in [-0.4, -0.2) is 7.11 Å². The first-order chi connectivity index (χ1) is 7.10. The molecule has 0 radical (unpaired) electrons. The quantitative estimate of drug-likeness (QED) is 0.781. The molecule has 0 saturated carbocycles. The summed E-state index contributed by atoms with van der Waals surface area (Å²) in [5, 5.41) is 0. The van der Waals surface area contributed by atoms with Crippen molar-refractivity contribution in [1.29, 1.82) is 0 Å². The fraction of sp³-hybridized carbons (Fsp3) is 0.455. The molecule has 0 heterocycles. The van der Waals surface area contributed by atoms with Gasteiger partial charge in [0.15, 0.2) is 0 Å². The van der Waals surface area contributed by atoms with Gasteiger partial charge in [0.05, 0.1) is 13.7 Å². The molecular weight excluding hydrogens is 197 g/mol. The Morgan fingerprint density at radius 1 is 1.40 bits per heavy atom. The van der Waals surface area contributed by atoms with Crippen LogP contribution in [0.25, 0.3) is 0 Å². The van der Waals surface area contributed by atoms with Gasteiger partial charge in [0.2, 0.25) is 0 Å². The van der Waals surface area contributed by atoms with Crippen LogP contribution >= 0.6 is 0 Å². The standard InChI is InChI=1S/C11H16FNO2/c1-7(2)9-4-8(6-15-13)11(14-3)5-10(9)12/h4-5,7H,6,13H2,1-3H3. The van der Waals surface area contributed by atoms with Crippen molar-refractivity contribution in [2.24, 2.45) is 5.90 Å². The summed E-state index contributed by atoms with van der Waals surface area (Å²) in [6, 6.07) is 3.09. The number of hydrogen-bond acceptors (Lipinski definition) is 3. The third-order valence-electron chi connectivity index (χ3n) is 2.26. The van der Waals surface area contributed by atoms with Gasteiger partial charge in [-0.25, -0.2) is 10.3 Å². The van der Waals surface area contributed by atoms with Crippen LogP contribution in [0, 0.1) is 5.82 Å². The summed E-state index contributed by atoms with van der Waals surface area (Å²) in [6.07, 6.45) is 0. The zero-order chi connectivity index (χ0) is 11.4. The van der Waals surface area contributed by atoms with Gasteiger partial charge < -0.3 is 4.74 Å². The van der Waals surface area contributed by atoms with Gasteiger partial charge in [0.25, 0.3) is 0 Å². The Balaban J connectivity index is 3.17. The molecule has 0 aliphatic heterocycles. The molecule has 0 spiro atoms. The minimum Gasteiger partial charge on any atom is -0.496 e. The fourth-order valence-corrected chi connectivity index (χ4v) is 1.45. The first kappa shape index (κ1) is 11.9. The topological polar surface area (TPSA) is 44.5 Å². The highest BCUT2D eigenvalue weighted by molar-refractivity contribution is 5.39. The third-order valence-corrected chi connectivity index (χ3v) is 2.26. The van der Waals surface area contributed by atoms with Crippen LogP contribution in [-0.2, 0) is 11.4 Å². The summed E-state index contributed by atoms with van der Waals surface area (Å²) in [5.41, 5.74) is 1.40. The van der Waals surface area contributed by atoms with Crippen molar-refractivity contribution in [1.82, 2.24) is 0 Å².